The summed E-state index contributed by atoms with van der Waals surface area (Å²) < 4.78 is 0. The monoisotopic (exact) mass is 279 g/mol. The molecule has 1 fully saturated rings. The summed E-state index contributed by atoms with van der Waals surface area (Å²) in [7, 11) is 2.06. The third kappa shape index (κ3) is 4.32. The SMILES string of the molecule is CCN(C(=O)CN(C)CC1CCCCN1)C1=CCCC1. The summed E-state index contributed by atoms with van der Waals surface area (Å²) in [6.45, 7) is 5.49. The van der Waals surface area contributed by atoms with E-state index in [2.05, 4.69) is 30.3 Å². The predicted octanol–water partition coefficient (Wildman–Crippen LogP) is 1.98. The van der Waals surface area contributed by atoms with Gasteiger partial charge in [0.05, 0.1) is 6.54 Å². The van der Waals surface area contributed by atoms with Crippen LogP contribution < -0.4 is 5.32 Å². The van der Waals surface area contributed by atoms with E-state index in [1.54, 1.807) is 0 Å². The van der Waals surface area contributed by atoms with Gasteiger partial charge in [-0.25, -0.2) is 0 Å². The molecule has 4 heteroatoms. The van der Waals surface area contributed by atoms with Crippen molar-refractivity contribution in [3.05, 3.63) is 11.8 Å². The lowest BCUT2D eigenvalue weighted by atomic mass is 10.0. The molecule has 1 aliphatic carbocycles. The smallest absolute Gasteiger partial charge is 0.240 e. The number of carbonyl (C=O) groups is 1. The number of amides is 1. The van der Waals surface area contributed by atoms with E-state index in [-0.39, 0.29) is 5.91 Å². The van der Waals surface area contributed by atoms with Gasteiger partial charge in [-0.05, 0) is 52.6 Å². The lowest BCUT2D eigenvalue weighted by Crippen LogP contribution is -2.45. The molecule has 0 bridgehead atoms. The Morgan fingerprint density at radius 1 is 1.40 bits per heavy atom. The number of hydrogen-bond acceptors (Lipinski definition) is 3. The van der Waals surface area contributed by atoms with Crippen LogP contribution in [0.2, 0.25) is 0 Å². The van der Waals surface area contributed by atoms with Crippen molar-refractivity contribution in [1.82, 2.24) is 15.1 Å². The molecule has 4 nitrogen and oxygen atoms in total. The highest BCUT2D eigenvalue weighted by Gasteiger charge is 2.21. The van der Waals surface area contributed by atoms with Crippen molar-refractivity contribution >= 4 is 5.91 Å². The van der Waals surface area contributed by atoms with Crippen LogP contribution in [-0.2, 0) is 4.79 Å². The predicted molar refractivity (Wildman–Crippen MR) is 82.5 cm³/mol. The van der Waals surface area contributed by atoms with Crippen LogP contribution in [0, 0.1) is 0 Å². The fraction of sp³-hybridized carbons (Fsp3) is 0.812. The largest absolute Gasteiger partial charge is 0.316 e. The van der Waals surface area contributed by atoms with E-state index in [9.17, 15) is 4.79 Å². The molecule has 0 aromatic rings. The van der Waals surface area contributed by atoms with Gasteiger partial charge in [0.2, 0.25) is 5.91 Å². The molecular formula is C16H29N3O. The zero-order valence-corrected chi connectivity index (χ0v) is 13.0. The van der Waals surface area contributed by atoms with Gasteiger partial charge in [0.15, 0.2) is 0 Å². The normalized spacial score (nSPS) is 22.9. The number of carbonyl (C=O) groups excluding carboxylic acids is 1. The molecule has 1 heterocycles. The van der Waals surface area contributed by atoms with Gasteiger partial charge in [-0.1, -0.05) is 12.5 Å². The lowest BCUT2D eigenvalue weighted by molar-refractivity contribution is -0.130. The van der Waals surface area contributed by atoms with Crippen molar-refractivity contribution < 1.29 is 4.79 Å². The van der Waals surface area contributed by atoms with Crippen molar-refractivity contribution in [3.63, 3.8) is 0 Å². The fourth-order valence-electron chi connectivity index (χ4n) is 3.28. The molecule has 0 spiro atoms. The van der Waals surface area contributed by atoms with Crippen LogP contribution in [0.25, 0.3) is 0 Å². The van der Waals surface area contributed by atoms with Crippen molar-refractivity contribution in [2.24, 2.45) is 0 Å². The van der Waals surface area contributed by atoms with Gasteiger partial charge in [0.25, 0.3) is 0 Å². The molecule has 114 valence electrons. The maximum absolute atomic E-state index is 12.4. The first kappa shape index (κ1) is 15.5. The van der Waals surface area contributed by atoms with Crippen LogP contribution in [0.15, 0.2) is 11.8 Å². The van der Waals surface area contributed by atoms with E-state index >= 15 is 0 Å². The van der Waals surface area contributed by atoms with Gasteiger partial charge < -0.3 is 10.2 Å². The van der Waals surface area contributed by atoms with Crippen LogP contribution in [0.1, 0.15) is 45.4 Å². The quantitative estimate of drug-likeness (QED) is 0.807. The van der Waals surface area contributed by atoms with Crippen molar-refractivity contribution in [1.29, 1.82) is 0 Å². The van der Waals surface area contributed by atoms with E-state index in [4.69, 9.17) is 0 Å². The fourth-order valence-corrected chi connectivity index (χ4v) is 3.28. The van der Waals surface area contributed by atoms with E-state index in [0.29, 0.717) is 12.6 Å². The maximum atomic E-state index is 12.4. The van der Waals surface area contributed by atoms with Gasteiger partial charge in [0, 0.05) is 24.8 Å². The Morgan fingerprint density at radius 2 is 2.25 bits per heavy atom. The second-order valence-electron chi connectivity index (χ2n) is 6.07. The summed E-state index contributed by atoms with van der Waals surface area (Å²) in [6, 6.07) is 0.558. The average Bonchev–Trinajstić information content (AvgIpc) is 2.94. The van der Waals surface area contributed by atoms with Gasteiger partial charge in [0.1, 0.15) is 0 Å². The molecule has 1 amide bonds. The first-order valence-corrected chi connectivity index (χ1v) is 8.12. The van der Waals surface area contributed by atoms with Crippen LogP contribution in [0.3, 0.4) is 0 Å². The minimum absolute atomic E-state index is 0.249. The Labute approximate surface area is 123 Å². The van der Waals surface area contributed by atoms with Crippen LogP contribution >= 0.6 is 0 Å². The highest BCUT2D eigenvalue weighted by Crippen LogP contribution is 2.21. The first-order chi connectivity index (χ1) is 9.70. The van der Waals surface area contributed by atoms with Crippen molar-refractivity contribution in [2.75, 3.05) is 33.2 Å². The van der Waals surface area contributed by atoms with E-state index in [1.807, 2.05) is 4.90 Å². The third-order valence-electron chi connectivity index (χ3n) is 4.33. The minimum atomic E-state index is 0.249. The summed E-state index contributed by atoms with van der Waals surface area (Å²) in [5.74, 6) is 0.249. The zero-order chi connectivity index (χ0) is 14.4. The molecule has 2 aliphatic rings. The molecule has 1 aliphatic heterocycles. The van der Waals surface area contributed by atoms with Crippen LogP contribution in [0.4, 0.5) is 0 Å². The first-order valence-electron chi connectivity index (χ1n) is 8.12. The Kier molecular flexibility index (Phi) is 6.05. The van der Waals surface area contributed by atoms with Crippen molar-refractivity contribution in [3.8, 4) is 0 Å². The van der Waals surface area contributed by atoms with Crippen molar-refractivity contribution in [2.45, 2.75) is 51.5 Å². The van der Waals surface area contributed by atoms with Gasteiger partial charge in [-0.15, -0.1) is 0 Å². The standard InChI is InChI=1S/C16H29N3O/c1-3-19(15-9-4-5-10-15)16(20)13-18(2)12-14-8-6-7-11-17-14/h9,14,17H,3-8,10-13H2,1-2H3. The van der Waals surface area contributed by atoms with Gasteiger partial charge >= 0.3 is 0 Å². The molecule has 1 saturated heterocycles. The molecule has 0 radical (unpaired) electrons. The molecule has 1 N–H and O–H groups in total. The number of allylic oxidation sites excluding steroid dienone is 2. The highest BCUT2D eigenvalue weighted by atomic mass is 16.2. The molecule has 20 heavy (non-hydrogen) atoms. The maximum Gasteiger partial charge on any atom is 0.240 e. The topological polar surface area (TPSA) is 35.6 Å². The number of nitrogens with zero attached hydrogens (tertiary/aromatic N) is 2. The Morgan fingerprint density at radius 3 is 2.85 bits per heavy atom. The molecule has 0 aromatic carbocycles. The van der Waals surface area contributed by atoms with Crippen LogP contribution in [0.5, 0.6) is 0 Å². The van der Waals surface area contributed by atoms with Gasteiger partial charge in [-0.3, -0.25) is 9.69 Å². The summed E-state index contributed by atoms with van der Waals surface area (Å²) in [5.41, 5.74) is 1.24. The number of hydrogen-bond donors (Lipinski definition) is 1. The average molecular weight is 279 g/mol. The Bertz CT molecular complexity index is 348. The molecule has 1 unspecified atom stereocenters. The molecule has 0 aromatic heterocycles. The summed E-state index contributed by atoms with van der Waals surface area (Å²) in [4.78, 5) is 16.6. The third-order valence-corrected chi connectivity index (χ3v) is 4.33. The molecule has 2 rings (SSSR count). The lowest BCUT2D eigenvalue weighted by Gasteiger charge is -2.30. The van der Waals surface area contributed by atoms with E-state index in [1.165, 1.54) is 31.4 Å². The number of likely N-dealkylation sites (N-methyl/N-ethyl adjacent to an activating group) is 2. The molecule has 0 saturated carbocycles. The molecule has 1 atom stereocenters. The Hall–Kier alpha value is -0.870. The zero-order valence-electron chi connectivity index (χ0n) is 13.0. The number of piperidine rings is 1. The van der Waals surface area contributed by atoms with Crippen LogP contribution in [-0.4, -0.2) is 55.0 Å². The number of nitrogens with one attached hydrogen (secondary N) is 1. The second-order valence-corrected chi connectivity index (χ2v) is 6.07. The van der Waals surface area contributed by atoms with E-state index < -0.39 is 0 Å². The van der Waals surface area contributed by atoms with Gasteiger partial charge in [-0.2, -0.15) is 0 Å². The molecular weight excluding hydrogens is 250 g/mol. The summed E-state index contributed by atoms with van der Waals surface area (Å²) in [5, 5.41) is 3.54. The highest BCUT2D eigenvalue weighted by molar-refractivity contribution is 5.80. The second kappa shape index (κ2) is 7.79. The summed E-state index contributed by atoms with van der Waals surface area (Å²) in [6.07, 6.45) is 9.45. The van der Waals surface area contributed by atoms with E-state index in [0.717, 1.165) is 32.5 Å². The number of rotatable bonds is 6. The summed E-state index contributed by atoms with van der Waals surface area (Å²) >= 11 is 0. The Balaban J connectivity index is 1.79. The minimum Gasteiger partial charge on any atom is -0.316 e.